The van der Waals surface area contributed by atoms with Gasteiger partial charge < -0.3 is 4.74 Å². The van der Waals surface area contributed by atoms with Crippen LogP contribution in [0.2, 0.25) is 0 Å². The third kappa shape index (κ3) is 1.07. The monoisotopic (exact) mass is 155 g/mol. The quantitative estimate of drug-likeness (QED) is 0.596. The molecule has 0 bridgehead atoms. The third-order valence-electron chi connectivity index (χ3n) is 1.88. The molecule has 0 aromatic carbocycles. The lowest BCUT2D eigenvalue weighted by molar-refractivity contribution is 0.186. The van der Waals surface area contributed by atoms with Crippen LogP contribution < -0.4 is 5.69 Å². The largest absolute Gasteiger partial charge is 0.379 e. The molecule has 1 fully saturated rings. The van der Waals surface area contributed by atoms with Gasteiger partial charge in [0.2, 0.25) is 0 Å². The number of aromatic amines is 1. The number of rotatable bonds is 1. The number of nitrogens with one attached hydrogen (secondary N) is 1. The van der Waals surface area contributed by atoms with Crippen LogP contribution in [-0.2, 0) is 4.74 Å². The molecule has 2 rings (SSSR count). The number of hydrogen-bond donors (Lipinski definition) is 1. The van der Waals surface area contributed by atoms with Crippen molar-refractivity contribution in [2.75, 3.05) is 13.2 Å². The minimum atomic E-state index is -0.152. The second-order valence-electron chi connectivity index (χ2n) is 2.59. The standard InChI is InChI=1S/C6H9N3O2/c10-6-8-7-4-9(6)5-1-2-11-3-5/h4-5H,1-3H2,(H,8,10)/t5-/m0/s1. The fourth-order valence-electron chi connectivity index (χ4n) is 1.26. The Labute approximate surface area is 63.0 Å². The zero-order valence-corrected chi connectivity index (χ0v) is 5.99. The summed E-state index contributed by atoms with van der Waals surface area (Å²) in [5.41, 5.74) is -0.152. The van der Waals surface area contributed by atoms with E-state index in [0.717, 1.165) is 13.0 Å². The number of ether oxygens (including phenoxy) is 1. The highest BCUT2D eigenvalue weighted by molar-refractivity contribution is 4.76. The van der Waals surface area contributed by atoms with Crippen LogP contribution in [0.25, 0.3) is 0 Å². The van der Waals surface area contributed by atoms with Gasteiger partial charge in [-0.05, 0) is 6.42 Å². The van der Waals surface area contributed by atoms with E-state index in [4.69, 9.17) is 4.74 Å². The van der Waals surface area contributed by atoms with E-state index in [2.05, 4.69) is 10.2 Å². The van der Waals surface area contributed by atoms with Crippen LogP contribution in [-0.4, -0.2) is 28.0 Å². The van der Waals surface area contributed by atoms with Crippen LogP contribution in [0.15, 0.2) is 11.1 Å². The predicted molar refractivity (Wildman–Crippen MR) is 37.3 cm³/mol. The maximum absolute atomic E-state index is 11.0. The summed E-state index contributed by atoms with van der Waals surface area (Å²) in [5, 5.41) is 5.98. The molecule has 2 heterocycles. The van der Waals surface area contributed by atoms with Crippen LogP contribution in [0.3, 0.4) is 0 Å². The lowest BCUT2D eigenvalue weighted by atomic mass is 10.3. The Hall–Kier alpha value is -1.10. The second-order valence-corrected chi connectivity index (χ2v) is 2.59. The van der Waals surface area contributed by atoms with E-state index in [1.165, 1.54) is 6.33 Å². The molecule has 60 valence electrons. The van der Waals surface area contributed by atoms with Crippen LogP contribution in [0, 0.1) is 0 Å². The molecule has 1 aliphatic rings. The Kier molecular flexibility index (Phi) is 1.50. The average molecular weight is 155 g/mol. The maximum atomic E-state index is 11.0. The summed E-state index contributed by atoms with van der Waals surface area (Å²) in [6, 6.07) is 0.182. The Morgan fingerprint density at radius 2 is 2.73 bits per heavy atom. The molecule has 0 aliphatic carbocycles. The molecule has 5 nitrogen and oxygen atoms in total. The van der Waals surface area contributed by atoms with Gasteiger partial charge in [0.25, 0.3) is 0 Å². The van der Waals surface area contributed by atoms with E-state index in [0.29, 0.717) is 6.61 Å². The second kappa shape index (κ2) is 2.50. The molecule has 0 unspecified atom stereocenters. The van der Waals surface area contributed by atoms with Gasteiger partial charge in [-0.2, -0.15) is 5.10 Å². The Bertz CT molecular complexity index is 284. The highest BCUT2D eigenvalue weighted by Gasteiger charge is 2.18. The van der Waals surface area contributed by atoms with Crippen LogP contribution >= 0.6 is 0 Å². The van der Waals surface area contributed by atoms with Crippen molar-refractivity contribution < 1.29 is 4.74 Å². The summed E-state index contributed by atoms with van der Waals surface area (Å²) in [5.74, 6) is 0. The highest BCUT2D eigenvalue weighted by Crippen LogP contribution is 2.15. The van der Waals surface area contributed by atoms with Crippen molar-refractivity contribution in [3.63, 3.8) is 0 Å². The van der Waals surface area contributed by atoms with Crippen LogP contribution in [0.1, 0.15) is 12.5 Å². The molecule has 0 saturated carbocycles. The van der Waals surface area contributed by atoms with Gasteiger partial charge in [-0.15, -0.1) is 0 Å². The first-order valence-electron chi connectivity index (χ1n) is 3.57. The zero-order chi connectivity index (χ0) is 7.68. The predicted octanol–water partition coefficient (Wildman–Crippen LogP) is -0.467. The summed E-state index contributed by atoms with van der Waals surface area (Å²) in [7, 11) is 0. The molecular formula is C6H9N3O2. The normalized spacial score (nSPS) is 24.2. The van der Waals surface area contributed by atoms with E-state index in [1.54, 1.807) is 4.57 Å². The molecule has 1 aromatic rings. The van der Waals surface area contributed by atoms with Crippen molar-refractivity contribution >= 4 is 0 Å². The van der Waals surface area contributed by atoms with Gasteiger partial charge in [-0.1, -0.05) is 0 Å². The summed E-state index contributed by atoms with van der Waals surface area (Å²) < 4.78 is 6.71. The summed E-state index contributed by atoms with van der Waals surface area (Å²) >= 11 is 0. The third-order valence-corrected chi connectivity index (χ3v) is 1.88. The molecule has 1 saturated heterocycles. The average Bonchev–Trinajstić information content (AvgIpc) is 2.55. The van der Waals surface area contributed by atoms with Crippen molar-refractivity contribution in [2.45, 2.75) is 12.5 Å². The molecular weight excluding hydrogens is 146 g/mol. The van der Waals surface area contributed by atoms with Gasteiger partial charge >= 0.3 is 5.69 Å². The molecule has 0 radical (unpaired) electrons. The fourth-order valence-corrected chi connectivity index (χ4v) is 1.26. The van der Waals surface area contributed by atoms with E-state index in [-0.39, 0.29) is 11.7 Å². The summed E-state index contributed by atoms with van der Waals surface area (Å²) in [6.07, 6.45) is 2.42. The van der Waals surface area contributed by atoms with E-state index in [1.807, 2.05) is 0 Å². The van der Waals surface area contributed by atoms with Gasteiger partial charge in [0.15, 0.2) is 0 Å². The lowest BCUT2D eigenvalue weighted by Gasteiger charge is -2.04. The molecule has 1 N–H and O–H groups in total. The first-order chi connectivity index (χ1) is 5.38. The number of H-pyrrole nitrogens is 1. The molecule has 1 atom stereocenters. The van der Waals surface area contributed by atoms with Gasteiger partial charge in [0, 0.05) is 6.61 Å². The lowest BCUT2D eigenvalue weighted by Crippen LogP contribution is -2.21. The Balaban J connectivity index is 2.28. The summed E-state index contributed by atoms with van der Waals surface area (Å²) in [4.78, 5) is 11.0. The van der Waals surface area contributed by atoms with E-state index < -0.39 is 0 Å². The van der Waals surface area contributed by atoms with Crippen molar-refractivity contribution in [3.05, 3.63) is 16.8 Å². The van der Waals surface area contributed by atoms with Crippen LogP contribution in [0.5, 0.6) is 0 Å². The molecule has 5 heteroatoms. The van der Waals surface area contributed by atoms with Gasteiger partial charge in [0.05, 0.1) is 12.6 Å². The molecule has 11 heavy (non-hydrogen) atoms. The minimum absolute atomic E-state index is 0.152. The van der Waals surface area contributed by atoms with Gasteiger partial charge in [0.1, 0.15) is 6.33 Å². The molecule has 0 spiro atoms. The van der Waals surface area contributed by atoms with Crippen molar-refractivity contribution in [1.29, 1.82) is 0 Å². The number of aromatic nitrogens is 3. The smallest absolute Gasteiger partial charge is 0.343 e. The number of nitrogens with zero attached hydrogens (tertiary/aromatic N) is 2. The Morgan fingerprint density at radius 1 is 1.82 bits per heavy atom. The highest BCUT2D eigenvalue weighted by atomic mass is 16.5. The Morgan fingerprint density at radius 3 is 3.27 bits per heavy atom. The van der Waals surface area contributed by atoms with Gasteiger partial charge in [-0.25, -0.2) is 9.89 Å². The zero-order valence-electron chi connectivity index (χ0n) is 5.99. The SMILES string of the molecule is O=c1[nH]ncn1[C@H]1CCOC1. The molecule has 1 aromatic heterocycles. The first kappa shape index (κ1) is 6.60. The van der Waals surface area contributed by atoms with Crippen molar-refractivity contribution in [2.24, 2.45) is 0 Å². The van der Waals surface area contributed by atoms with Gasteiger partial charge in [-0.3, -0.25) is 4.57 Å². The van der Waals surface area contributed by atoms with E-state index in [9.17, 15) is 4.79 Å². The van der Waals surface area contributed by atoms with Crippen LogP contribution in [0.4, 0.5) is 0 Å². The van der Waals surface area contributed by atoms with E-state index >= 15 is 0 Å². The summed E-state index contributed by atoms with van der Waals surface area (Å²) in [6.45, 7) is 1.36. The van der Waals surface area contributed by atoms with Crippen molar-refractivity contribution in [1.82, 2.24) is 14.8 Å². The fraction of sp³-hybridized carbons (Fsp3) is 0.667. The maximum Gasteiger partial charge on any atom is 0.343 e. The van der Waals surface area contributed by atoms with Crippen molar-refractivity contribution in [3.8, 4) is 0 Å². The minimum Gasteiger partial charge on any atom is -0.379 e. The number of hydrogen-bond acceptors (Lipinski definition) is 3. The molecule has 1 aliphatic heterocycles. The first-order valence-corrected chi connectivity index (χ1v) is 3.57. The topological polar surface area (TPSA) is 59.9 Å². The molecule has 0 amide bonds.